The number of carbonyl (C=O) groups excluding carboxylic acids is 1. The number of sulfonamides is 1. The predicted octanol–water partition coefficient (Wildman–Crippen LogP) is 3.56. The molecule has 1 atom stereocenters. The number of halogens is 1. The maximum absolute atomic E-state index is 12.7. The van der Waals surface area contributed by atoms with Gasteiger partial charge in [-0.3, -0.25) is 9.10 Å². The molecule has 26 heavy (non-hydrogen) atoms. The molecule has 2 aromatic carbocycles. The van der Waals surface area contributed by atoms with E-state index in [9.17, 15) is 13.2 Å². The van der Waals surface area contributed by atoms with Gasteiger partial charge in [-0.05, 0) is 55.8 Å². The minimum atomic E-state index is -3.73. The summed E-state index contributed by atoms with van der Waals surface area (Å²) in [4.78, 5) is 12.7. The Hall–Kier alpha value is -2.06. The Morgan fingerprint density at radius 3 is 2.35 bits per heavy atom. The highest BCUT2D eigenvalue weighted by Gasteiger charge is 2.31. The monoisotopic (exact) mass is 440 g/mol. The number of carbonyl (C=O) groups is 1. The van der Waals surface area contributed by atoms with Crippen molar-refractivity contribution in [3.8, 4) is 5.75 Å². The summed E-state index contributed by atoms with van der Waals surface area (Å²) in [6, 6.07) is 11.3. The quantitative estimate of drug-likeness (QED) is 0.744. The van der Waals surface area contributed by atoms with Gasteiger partial charge in [0.25, 0.3) is 0 Å². The largest absolute Gasteiger partial charge is 0.495 e. The number of ether oxygens (including phenoxy) is 1. The fourth-order valence-electron chi connectivity index (χ4n) is 2.53. The maximum Gasteiger partial charge on any atom is 0.247 e. The minimum Gasteiger partial charge on any atom is -0.495 e. The summed E-state index contributed by atoms with van der Waals surface area (Å²) < 4.78 is 32.1. The number of benzene rings is 2. The normalized spacial score (nSPS) is 12.3. The summed E-state index contributed by atoms with van der Waals surface area (Å²) in [7, 11) is -2.27. The van der Waals surface area contributed by atoms with Crippen molar-refractivity contribution < 1.29 is 17.9 Å². The summed E-state index contributed by atoms with van der Waals surface area (Å²) in [5.41, 5.74) is 1.76. The van der Waals surface area contributed by atoms with Crippen LogP contribution in [0.3, 0.4) is 0 Å². The van der Waals surface area contributed by atoms with Crippen molar-refractivity contribution in [2.45, 2.75) is 19.9 Å². The van der Waals surface area contributed by atoms with Gasteiger partial charge in [0.05, 0.1) is 19.1 Å². The molecular formula is C18H21BrN2O4S. The van der Waals surface area contributed by atoms with Crippen molar-refractivity contribution in [2.75, 3.05) is 23.0 Å². The molecule has 0 fully saturated rings. The fraction of sp³-hybridized carbons (Fsp3) is 0.278. The van der Waals surface area contributed by atoms with E-state index in [1.807, 2.05) is 13.0 Å². The fourth-order valence-corrected chi connectivity index (χ4v) is 3.97. The highest BCUT2D eigenvalue weighted by Crippen LogP contribution is 2.32. The van der Waals surface area contributed by atoms with Crippen LogP contribution in [0.15, 0.2) is 46.9 Å². The van der Waals surface area contributed by atoms with Gasteiger partial charge in [-0.2, -0.15) is 0 Å². The molecule has 1 amide bonds. The molecule has 1 N–H and O–H groups in total. The SMILES string of the molecule is COc1ccc(C)cc1N(C(C)C(=O)Nc1ccc(Br)cc1)S(C)(=O)=O. The zero-order valence-electron chi connectivity index (χ0n) is 15.0. The Balaban J connectivity index is 2.39. The van der Waals surface area contributed by atoms with Gasteiger partial charge in [0.1, 0.15) is 11.8 Å². The number of aryl methyl sites for hydroxylation is 1. The minimum absolute atomic E-state index is 0.327. The van der Waals surface area contributed by atoms with Crippen molar-refractivity contribution >= 4 is 43.2 Å². The van der Waals surface area contributed by atoms with Gasteiger partial charge in [-0.1, -0.05) is 22.0 Å². The van der Waals surface area contributed by atoms with E-state index < -0.39 is 22.0 Å². The summed E-state index contributed by atoms with van der Waals surface area (Å²) in [6.45, 7) is 3.38. The van der Waals surface area contributed by atoms with Crippen molar-refractivity contribution in [1.82, 2.24) is 0 Å². The first kappa shape index (κ1) is 20.3. The average molecular weight is 441 g/mol. The van der Waals surface area contributed by atoms with E-state index in [0.717, 1.165) is 20.6 Å². The van der Waals surface area contributed by atoms with Gasteiger partial charge in [0.2, 0.25) is 15.9 Å². The Morgan fingerprint density at radius 2 is 1.81 bits per heavy atom. The number of nitrogens with zero attached hydrogens (tertiary/aromatic N) is 1. The zero-order chi connectivity index (χ0) is 19.5. The van der Waals surface area contributed by atoms with Gasteiger partial charge in [-0.15, -0.1) is 0 Å². The highest BCUT2D eigenvalue weighted by atomic mass is 79.9. The van der Waals surface area contributed by atoms with E-state index in [0.29, 0.717) is 17.1 Å². The maximum atomic E-state index is 12.7. The molecule has 0 aliphatic heterocycles. The van der Waals surface area contributed by atoms with Gasteiger partial charge in [0.15, 0.2) is 0 Å². The lowest BCUT2D eigenvalue weighted by molar-refractivity contribution is -0.116. The first-order chi connectivity index (χ1) is 12.1. The topological polar surface area (TPSA) is 75.7 Å². The third-order valence-corrected chi connectivity index (χ3v) is 5.53. The standard InChI is InChI=1S/C18H21BrN2O4S/c1-12-5-10-17(25-3)16(11-12)21(26(4,23)24)13(2)18(22)20-15-8-6-14(19)7-9-15/h5-11,13H,1-4H3,(H,20,22). The summed E-state index contributed by atoms with van der Waals surface area (Å²) >= 11 is 3.33. The zero-order valence-corrected chi connectivity index (χ0v) is 17.4. The Bertz CT molecular complexity index is 898. The van der Waals surface area contributed by atoms with E-state index >= 15 is 0 Å². The van der Waals surface area contributed by atoms with Crippen LogP contribution in [0, 0.1) is 6.92 Å². The molecule has 0 aliphatic carbocycles. The van der Waals surface area contributed by atoms with Crippen molar-refractivity contribution in [3.05, 3.63) is 52.5 Å². The molecular weight excluding hydrogens is 420 g/mol. The summed E-state index contributed by atoms with van der Waals surface area (Å²) in [6.07, 6.45) is 1.07. The highest BCUT2D eigenvalue weighted by molar-refractivity contribution is 9.10. The molecule has 0 aromatic heterocycles. The Morgan fingerprint density at radius 1 is 1.19 bits per heavy atom. The van der Waals surface area contributed by atoms with Gasteiger partial charge in [0, 0.05) is 10.2 Å². The van der Waals surface area contributed by atoms with Gasteiger partial charge < -0.3 is 10.1 Å². The second-order valence-electron chi connectivity index (χ2n) is 5.91. The van der Waals surface area contributed by atoms with Crippen molar-refractivity contribution in [1.29, 1.82) is 0 Å². The molecule has 0 heterocycles. The third-order valence-electron chi connectivity index (χ3n) is 3.77. The summed E-state index contributed by atoms with van der Waals surface area (Å²) in [5.74, 6) is -0.0642. The van der Waals surface area contributed by atoms with Crippen LogP contribution in [0.25, 0.3) is 0 Å². The van der Waals surface area contributed by atoms with Crippen LogP contribution in [-0.4, -0.2) is 33.7 Å². The van der Waals surface area contributed by atoms with Crippen LogP contribution in [0.2, 0.25) is 0 Å². The van der Waals surface area contributed by atoms with E-state index in [4.69, 9.17) is 4.74 Å². The number of nitrogens with one attached hydrogen (secondary N) is 1. The van der Waals surface area contributed by atoms with E-state index in [1.165, 1.54) is 14.0 Å². The van der Waals surface area contributed by atoms with Gasteiger partial charge in [-0.25, -0.2) is 8.42 Å². The molecule has 1 unspecified atom stereocenters. The van der Waals surface area contributed by atoms with Crippen molar-refractivity contribution in [3.63, 3.8) is 0 Å². The lowest BCUT2D eigenvalue weighted by atomic mass is 10.2. The second-order valence-corrected chi connectivity index (χ2v) is 8.68. The Labute approximate surface area is 162 Å². The number of anilines is 2. The number of amides is 1. The van der Waals surface area contributed by atoms with E-state index in [1.54, 1.807) is 36.4 Å². The molecule has 2 aromatic rings. The molecule has 0 aliphatic rings. The smallest absolute Gasteiger partial charge is 0.247 e. The number of methoxy groups -OCH3 is 1. The lowest BCUT2D eigenvalue weighted by Gasteiger charge is -2.29. The molecule has 8 heteroatoms. The van der Waals surface area contributed by atoms with Crippen LogP contribution in [0.5, 0.6) is 5.75 Å². The lowest BCUT2D eigenvalue weighted by Crippen LogP contribution is -2.45. The molecule has 0 saturated carbocycles. The van der Waals surface area contributed by atoms with Crippen LogP contribution in [0.1, 0.15) is 12.5 Å². The molecule has 2 rings (SSSR count). The Kier molecular flexibility index (Phi) is 6.30. The van der Waals surface area contributed by atoms with Crippen LogP contribution >= 0.6 is 15.9 Å². The molecule has 0 radical (unpaired) electrons. The number of hydrogen-bond donors (Lipinski definition) is 1. The first-order valence-corrected chi connectivity index (χ1v) is 10.5. The van der Waals surface area contributed by atoms with E-state index in [2.05, 4.69) is 21.2 Å². The molecule has 0 spiro atoms. The van der Waals surface area contributed by atoms with Crippen LogP contribution < -0.4 is 14.4 Å². The first-order valence-electron chi connectivity index (χ1n) is 7.84. The van der Waals surface area contributed by atoms with Crippen LogP contribution in [-0.2, 0) is 14.8 Å². The van der Waals surface area contributed by atoms with E-state index in [-0.39, 0.29) is 0 Å². The molecule has 140 valence electrons. The van der Waals surface area contributed by atoms with Gasteiger partial charge >= 0.3 is 0 Å². The molecule has 0 bridgehead atoms. The van der Waals surface area contributed by atoms with Crippen LogP contribution in [0.4, 0.5) is 11.4 Å². The third kappa shape index (κ3) is 4.76. The predicted molar refractivity (Wildman–Crippen MR) is 107 cm³/mol. The average Bonchev–Trinajstić information content (AvgIpc) is 2.56. The molecule has 0 saturated heterocycles. The second kappa shape index (κ2) is 8.09. The van der Waals surface area contributed by atoms with Crippen molar-refractivity contribution in [2.24, 2.45) is 0 Å². The number of rotatable bonds is 6. The summed E-state index contributed by atoms with van der Waals surface area (Å²) in [5, 5.41) is 2.74. The number of hydrogen-bond acceptors (Lipinski definition) is 4. The molecule has 6 nitrogen and oxygen atoms in total.